The van der Waals surface area contributed by atoms with Crippen LogP contribution in [0.1, 0.15) is 15.9 Å². The molecule has 0 saturated carbocycles. The number of para-hydroxylation sites is 1. The first-order valence-electron chi connectivity index (χ1n) is 9.36. The second-order valence-electron chi connectivity index (χ2n) is 7.24. The summed E-state index contributed by atoms with van der Waals surface area (Å²) >= 11 is 0. The monoisotopic (exact) mass is 419 g/mol. The highest BCUT2D eigenvalue weighted by molar-refractivity contribution is 6.00. The van der Waals surface area contributed by atoms with Crippen LogP contribution in [0.4, 0.5) is 30.5 Å². The number of aromatic carboxylic acids is 1. The van der Waals surface area contributed by atoms with Crippen LogP contribution in [0.25, 0.3) is 11.0 Å². The van der Waals surface area contributed by atoms with Crippen LogP contribution >= 0.6 is 0 Å². The van der Waals surface area contributed by atoms with E-state index in [2.05, 4.69) is 20.2 Å². The molecule has 0 aliphatic carbocycles. The Bertz CT molecular complexity index is 1090. The van der Waals surface area contributed by atoms with Crippen molar-refractivity contribution < 1.29 is 23.1 Å². The van der Waals surface area contributed by atoms with E-state index >= 15 is 0 Å². The third-order valence-corrected chi connectivity index (χ3v) is 5.16. The van der Waals surface area contributed by atoms with Gasteiger partial charge in [0.15, 0.2) is 0 Å². The van der Waals surface area contributed by atoms with Crippen LogP contribution in [-0.2, 0) is 6.18 Å². The number of imidazole rings is 1. The minimum absolute atomic E-state index is 0.105. The summed E-state index contributed by atoms with van der Waals surface area (Å²) < 4.78 is 39.7. The molecule has 4 rings (SSSR count). The number of nitrogens with one attached hydrogen (secondary N) is 2. The van der Waals surface area contributed by atoms with Crippen molar-refractivity contribution in [2.75, 3.05) is 43.4 Å². The van der Waals surface area contributed by atoms with Gasteiger partial charge in [-0.15, -0.1) is 0 Å². The summed E-state index contributed by atoms with van der Waals surface area (Å²) in [6.45, 7) is 2.96. The van der Waals surface area contributed by atoms with Crippen molar-refractivity contribution in [1.82, 2.24) is 14.9 Å². The number of halogens is 3. The number of hydrogen-bond acceptors (Lipinski definition) is 5. The van der Waals surface area contributed by atoms with Gasteiger partial charge in [-0.05, 0) is 31.3 Å². The van der Waals surface area contributed by atoms with Crippen molar-refractivity contribution >= 4 is 34.3 Å². The summed E-state index contributed by atoms with van der Waals surface area (Å²) in [5, 5.41) is 12.3. The first kappa shape index (κ1) is 20.0. The fourth-order valence-corrected chi connectivity index (χ4v) is 3.55. The van der Waals surface area contributed by atoms with E-state index in [1.54, 1.807) is 6.07 Å². The second kappa shape index (κ2) is 7.52. The molecule has 0 atom stereocenters. The van der Waals surface area contributed by atoms with Crippen LogP contribution in [-0.4, -0.2) is 59.2 Å². The summed E-state index contributed by atoms with van der Waals surface area (Å²) in [6.07, 6.45) is -4.51. The summed E-state index contributed by atoms with van der Waals surface area (Å²) in [5.74, 6) is -0.967. The van der Waals surface area contributed by atoms with Crippen LogP contribution in [0.3, 0.4) is 0 Å². The number of aromatic amines is 1. The number of aromatic nitrogens is 2. The normalized spacial score (nSPS) is 15.5. The highest BCUT2D eigenvalue weighted by Crippen LogP contribution is 2.36. The van der Waals surface area contributed by atoms with E-state index in [1.807, 2.05) is 11.9 Å². The lowest BCUT2D eigenvalue weighted by Crippen LogP contribution is -2.45. The molecule has 0 unspecified atom stereocenters. The maximum absolute atomic E-state index is 13.2. The van der Waals surface area contributed by atoms with Crippen LogP contribution in [0.2, 0.25) is 0 Å². The van der Waals surface area contributed by atoms with Gasteiger partial charge < -0.3 is 25.2 Å². The Labute approximate surface area is 170 Å². The number of carboxylic acids is 1. The molecule has 158 valence electrons. The van der Waals surface area contributed by atoms with Crippen LogP contribution in [0.5, 0.6) is 0 Å². The van der Waals surface area contributed by atoms with Gasteiger partial charge in [0.2, 0.25) is 5.95 Å². The maximum Gasteiger partial charge on any atom is 0.418 e. The molecule has 1 aromatic heterocycles. The largest absolute Gasteiger partial charge is 0.478 e. The van der Waals surface area contributed by atoms with Gasteiger partial charge >= 0.3 is 12.1 Å². The SMILES string of the molecule is CN1CCN(c2cc3nc(Nc4ccccc4C(F)(F)F)[nH]c3cc2C(=O)O)CC1. The molecule has 1 fully saturated rings. The number of carbonyl (C=O) groups is 1. The van der Waals surface area contributed by atoms with Crippen molar-refractivity contribution in [1.29, 1.82) is 0 Å². The van der Waals surface area contributed by atoms with E-state index < -0.39 is 17.7 Å². The topological polar surface area (TPSA) is 84.5 Å². The summed E-state index contributed by atoms with van der Waals surface area (Å²) in [5.41, 5.74) is 0.629. The van der Waals surface area contributed by atoms with Gasteiger partial charge in [0.1, 0.15) is 0 Å². The third-order valence-electron chi connectivity index (χ3n) is 5.16. The summed E-state index contributed by atoms with van der Waals surface area (Å²) in [7, 11) is 2.00. The molecular weight excluding hydrogens is 399 g/mol. The molecule has 3 N–H and O–H groups in total. The van der Waals surface area contributed by atoms with Crippen molar-refractivity contribution in [3.8, 4) is 0 Å². The van der Waals surface area contributed by atoms with Gasteiger partial charge in [-0.2, -0.15) is 13.2 Å². The van der Waals surface area contributed by atoms with Crippen molar-refractivity contribution in [3.63, 3.8) is 0 Å². The fraction of sp³-hybridized carbons (Fsp3) is 0.300. The second-order valence-corrected chi connectivity index (χ2v) is 7.24. The van der Waals surface area contributed by atoms with Crippen molar-refractivity contribution in [3.05, 3.63) is 47.5 Å². The fourth-order valence-electron chi connectivity index (χ4n) is 3.55. The van der Waals surface area contributed by atoms with E-state index in [4.69, 9.17) is 0 Å². The molecule has 0 spiro atoms. The predicted molar refractivity (Wildman–Crippen MR) is 107 cm³/mol. The molecule has 1 saturated heterocycles. The van der Waals surface area contributed by atoms with Gasteiger partial charge in [0.25, 0.3) is 0 Å². The lowest BCUT2D eigenvalue weighted by Gasteiger charge is -2.34. The number of likely N-dealkylation sites (N-methyl/N-ethyl adjacent to an activating group) is 1. The molecule has 0 amide bonds. The molecule has 3 aromatic rings. The summed E-state index contributed by atoms with van der Waals surface area (Å²) in [4.78, 5) is 23.2. The van der Waals surface area contributed by atoms with E-state index in [0.717, 1.165) is 19.2 Å². The lowest BCUT2D eigenvalue weighted by atomic mass is 10.1. The predicted octanol–water partition coefficient (Wildman–Crippen LogP) is 3.78. The Morgan fingerprint density at radius 1 is 1.17 bits per heavy atom. The zero-order valence-corrected chi connectivity index (χ0v) is 16.1. The Kier molecular flexibility index (Phi) is 5.02. The van der Waals surface area contributed by atoms with Gasteiger partial charge in [-0.1, -0.05) is 12.1 Å². The van der Waals surface area contributed by atoms with Crippen LogP contribution in [0, 0.1) is 0 Å². The van der Waals surface area contributed by atoms with E-state index in [0.29, 0.717) is 29.8 Å². The Morgan fingerprint density at radius 2 is 1.87 bits per heavy atom. The third kappa shape index (κ3) is 3.90. The van der Waals surface area contributed by atoms with Crippen LogP contribution < -0.4 is 10.2 Å². The highest BCUT2D eigenvalue weighted by atomic mass is 19.4. The lowest BCUT2D eigenvalue weighted by molar-refractivity contribution is -0.136. The summed E-state index contributed by atoms with van der Waals surface area (Å²) in [6, 6.07) is 8.25. The molecule has 2 aromatic carbocycles. The molecule has 10 heteroatoms. The average Bonchev–Trinajstić information content (AvgIpc) is 3.08. The van der Waals surface area contributed by atoms with E-state index in [1.165, 1.54) is 24.3 Å². The number of anilines is 3. The molecule has 2 heterocycles. The van der Waals surface area contributed by atoms with Crippen molar-refractivity contribution in [2.45, 2.75) is 6.18 Å². The Balaban J connectivity index is 1.71. The molecule has 0 bridgehead atoms. The molecule has 0 radical (unpaired) electrons. The Morgan fingerprint density at radius 3 is 2.53 bits per heavy atom. The number of piperazine rings is 1. The standard InChI is InChI=1S/C20H20F3N5O2/c1-27-6-8-28(9-7-27)17-11-16-15(10-12(17)18(29)30)25-19(26-16)24-14-5-3-2-4-13(14)20(21,22)23/h2-5,10-11H,6-9H2,1H3,(H,29,30)(H2,24,25,26). The van der Waals surface area contributed by atoms with Crippen LogP contribution in [0.15, 0.2) is 36.4 Å². The highest BCUT2D eigenvalue weighted by Gasteiger charge is 2.33. The number of hydrogen-bond donors (Lipinski definition) is 3. The molecule has 7 nitrogen and oxygen atoms in total. The molecular formula is C20H20F3N5O2. The minimum atomic E-state index is -4.51. The number of fused-ring (bicyclic) bond motifs is 1. The van der Waals surface area contributed by atoms with Gasteiger partial charge in [-0.25, -0.2) is 9.78 Å². The number of H-pyrrole nitrogens is 1. The number of carboxylic acid groups (broad SMARTS) is 1. The zero-order chi connectivity index (χ0) is 21.5. The van der Waals surface area contributed by atoms with E-state index in [9.17, 15) is 23.1 Å². The first-order valence-corrected chi connectivity index (χ1v) is 9.36. The van der Waals surface area contributed by atoms with Gasteiger partial charge in [0.05, 0.1) is 33.5 Å². The Hall–Kier alpha value is -3.27. The van der Waals surface area contributed by atoms with Gasteiger partial charge in [-0.3, -0.25) is 0 Å². The first-order chi connectivity index (χ1) is 14.2. The number of rotatable bonds is 4. The smallest absolute Gasteiger partial charge is 0.418 e. The molecule has 1 aliphatic rings. The van der Waals surface area contributed by atoms with E-state index in [-0.39, 0.29) is 17.2 Å². The maximum atomic E-state index is 13.2. The quantitative estimate of drug-likeness (QED) is 0.597. The van der Waals surface area contributed by atoms with Gasteiger partial charge in [0, 0.05) is 26.2 Å². The average molecular weight is 419 g/mol. The van der Waals surface area contributed by atoms with Crippen molar-refractivity contribution in [2.24, 2.45) is 0 Å². The molecule has 1 aliphatic heterocycles. The number of alkyl halides is 3. The number of nitrogens with zero attached hydrogens (tertiary/aromatic N) is 3. The minimum Gasteiger partial charge on any atom is -0.478 e. The zero-order valence-electron chi connectivity index (χ0n) is 16.1. The number of benzene rings is 2. The molecule has 30 heavy (non-hydrogen) atoms.